The number of fused-ring (bicyclic) bond motifs is 1. The molecule has 2 nitrogen and oxygen atoms in total. The van der Waals surface area contributed by atoms with Crippen LogP contribution in [-0.4, -0.2) is 17.8 Å². The normalized spacial score (nSPS) is 16.5. The van der Waals surface area contributed by atoms with E-state index < -0.39 is 0 Å². The molecule has 70 valence electrons. The predicted octanol–water partition coefficient (Wildman–Crippen LogP) is 2.50. The van der Waals surface area contributed by atoms with Crippen LogP contribution in [0, 0.1) is 0 Å². The van der Waals surface area contributed by atoms with Gasteiger partial charge in [-0.2, -0.15) is 0 Å². The van der Waals surface area contributed by atoms with Gasteiger partial charge in [0.15, 0.2) is 0 Å². The van der Waals surface area contributed by atoms with E-state index in [1.807, 2.05) is 12.3 Å². The third-order valence-electron chi connectivity index (χ3n) is 2.38. The molecule has 0 spiro atoms. The highest BCUT2D eigenvalue weighted by atomic mass is 32.2. The van der Waals surface area contributed by atoms with Crippen molar-refractivity contribution in [3.05, 3.63) is 23.9 Å². The Morgan fingerprint density at radius 3 is 3.23 bits per heavy atom. The van der Waals surface area contributed by atoms with Gasteiger partial charge in [-0.05, 0) is 30.9 Å². The van der Waals surface area contributed by atoms with Crippen molar-refractivity contribution in [1.29, 1.82) is 0 Å². The molecule has 1 aromatic heterocycles. The van der Waals surface area contributed by atoms with E-state index in [1.54, 1.807) is 11.9 Å². The molecule has 0 unspecified atom stereocenters. The van der Waals surface area contributed by atoms with Crippen molar-refractivity contribution in [2.45, 2.75) is 19.3 Å². The number of rotatable bonds is 1. The zero-order valence-corrected chi connectivity index (χ0v) is 8.68. The Balaban J connectivity index is 2.35. The molecular formula is C10H14N2S. The van der Waals surface area contributed by atoms with E-state index in [-0.39, 0.29) is 0 Å². The van der Waals surface area contributed by atoms with Crippen molar-refractivity contribution >= 4 is 17.8 Å². The van der Waals surface area contributed by atoms with Gasteiger partial charge >= 0.3 is 0 Å². The highest BCUT2D eigenvalue weighted by molar-refractivity contribution is 7.99. The second-order valence-corrected chi connectivity index (χ2v) is 4.03. The van der Waals surface area contributed by atoms with Crippen molar-refractivity contribution in [3.8, 4) is 0 Å². The summed E-state index contributed by atoms with van der Waals surface area (Å²) in [6.45, 7) is 1.13. The van der Waals surface area contributed by atoms with Crippen LogP contribution >= 0.6 is 11.9 Å². The third-order valence-corrected chi connectivity index (χ3v) is 3.18. The van der Waals surface area contributed by atoms with E-state index in [0.717, 1.165) is 6.54 Å². The number of hydrogen-bond acceptors (Lipinski definition) is 3. The van der Waals surface area contributed by atoms with Gasteiger partial charge in [-0.15, -0.1) is 0 Å². The maximum absolute atomic E-state index is 4.44. The number of aromatic nitrogens is 1. The minimum absolute atomic E-state index is 1.13. The van der Waals surface area contributed by atoms with Gasteiger partial charge in [0.25, 0.3) is 0 Å². The Morgan fingerprint density at radius 2 is 2.38 bits per heavy atom. The molecule has 1 aliphatic heterocycles. The summed E-state index contributed by atoms with van der Waals surface area (Å²) in [4.78, 5) is 4.44. The summed E-state index contributed by atoms with van der Waals surface area (Å²) in [7, 11) is 0. The van der Waals surface area contributed by atoms with Crippen LogP contribution in [0.25, 0.3) is 0 Å². The fourth-order valence-electron chi connectivity index (χ4n) is 1.70. The summed E-state index contributed by atoms with van der Waals surface area (Å²) in [5.74, 6) is 1.17. The van der Waals surface area contributed by atoms with Gasteiger partial charge < -0.3 is 4.31 Å². The summed E-state index contributed by atoms with van der Waals surface area (Å²) in [5, 5.41) is 0. The lowest BCUT2D eigenvalue weighted by molar-refractivity contribution is 0.773. The first-order chi connectivity index (χ1) is 6.42. The Labute approximate surface area is 83.5 Å². The minimum atomic E-state index is 1.13. The number of hydrogen-bond donors (Lipinski definition) is 0. The molecule has 0 amide bonds. The first kappa shape index (κ1) is 8.88. The number of anilines is 1. The van der Waals surface area contributed by atoms with Crippen molar-refractivity contribution in [1.82, 2.24) is 4.98 Å². The molecule has 0 saturated carbocycles. The summed E-state index contributed by atoms with van der Waals surface area (Å²) in [6, 6.07) is 4.22. The van der Waals surface area contributed by atoms with Crippen LogP contribution in [0.15, 0.2) is 18.3 Å². The van der Waals surface area contributed by atoms with Crippen LogP contribution in [0.1, 0.15) is 18.4 Å². The zero-order chi connectivity index (χ0) is 9.10. The van der Waals surface area contributed by atoms with Crippen LogP contribution in [0.5, 0.6) is 0 Å². The van der Waals surface area contributed by atoms with Gasteiger partial charge in [-0.25, -0.2) is 4.98 Å². The van der Waals surface area contributed by atoms with Crippen LogP contribution in [-0.2, 0) is 6.42 Å². The highest BCUT2D eigenvalue weighted by Crippen LogP contribution is 2.27. The van der Waals surface area contributed by atoms with Crippen LogP contribution in [0.4, 0.5) is 5.82 Å². The van der Waals surface area contributed by atoms with E-state index in [9.17, 15) is 0 Å². The van der Waals surface area contributed by atoms with Crippen molar-refractivity contribution < 1.29 is 0 Å². The van der Waals surface area contributed by atoms with E-state index >= 15 is 0 Å². The highest BCUT2D eigenvalue weighted by Gasteiger charge is 2.14. The van der Waals surface area contributed by atoms with Crippen LogP contribution in [0.3, 0.4) is 0 Å². The molecule has 3 heteroatoms. The monoisotopic (exact) mass is 194 g/mol. The van der Waals surface area contributed by atoms with Crippen molar-refractivity contribution in [2.75, 3.05) is 17.1 Å². The van der Waals surface area contributed by atoms with Gasteiger partial charge in [0, 0.05) is 19.0 Å². The molecule has 0 bridgehead atoms. The number of aryl methyl sites for hydroxylation is 1. The molecule has 0 radical (unpaired) electrons. The quantitative estimate of drug-likeness (QED) is 0.639. The molecule has 0 aliphatic carbocycles. The third kappa shape index (κ3) is 1.80. The molecule has 13 heavy (non-hydrogen) atoms. The van der Waals surface area contributed by atoms with Crippen LogP contribution in [0.2, 0.25) is 0 Å². The first-order valence-corrected chi connectivity index (χ1v) is 5.85. The number of pyridine rings is 1. The molecule has 2 rings (SSSR count). The SMILES string of the molecule is CSN1CCCCc2cccnc21. The number of nitrogens with zero attached hydrogens (tertiary/aromatic N) is 2. The molecule has 2 heterocycles. The maximum atomic E-state index is 4.44. The van der Waals surface area contributed by atoms with Crippen molar-refractivity contribution in [2.24, 2.45) is 0 Å². The molecule has 1 aromatic rings. The molecule has 0 fully saturated rings. The minimum Gasteiger partial charge on any atom is -0.301 e. The molecule has 0 aromatic carbocycles. The Bertz CT molecular complexity index is 288. The molecule has 0 atom stereocenters. The van der Waals surface area contributed by atoms with Gasteiger partial charge in [0.05, 0.1) is 0 Å². The summed E-state index contributed by atoms with van der Waals surface area (Å²) >= 11 is 1.77. The van der Waals surface area contributed by atoms with E-state index in [1.165, 1.54) is 30.6 Å². The van der Waals surface area contributed by atoms with E-state index in [2.05, 4.69) is 21.6 Å². The molecule has 1 aliphatic rings. The molecule has 0 saturated heterocycles. The lowest BCUT2D eigenvalue weighted by atomic mass is 10.1. The Kier molecular flexibility index (Phi) is 2.74. The molecular weight excluding hydrogens is 180 g/mol. The lowest BCUT2D eigenvalue weighted by Gasteiger charge is -2.19. The van der Waals surface area contributed by atoms with Gasteiger partial charge in [-0.1, -0.05) is 18.0 Å². The zero-order valence-electron chi connectivity index (χ0n) is 7.86. The second kappa shape index (κ2) is 4.01. The summed E-state index contributed by atoms with van der Waals surface area (Å²) in [6.07, 6.45) is 7.74. The second-order valence-electron chi connectivity index (χ2n) is 3.23. The topological polar surface area (TPSA) is 16.1 Å². The van der Waals surface area contributed by atoms with Gasteiger partial charge in [0.1, 0.15) is 5.82 Å². The fraction of sp³-hybridized carbons (Fsp3) is 0.500. The van der Waals surface area contributed by atoms with Crippen LogP contribution < -0.4 is 4.31 Å². The fourth-order valence-corrected chi connectivity index (χ4v) is 2.35. The van der Waals surface area contributed by atoms with E-state index in [4.69, 9.17) is 0 Å². The summed E-state index contributed by atoms with van der Waals surface area (Å²) < 4.78 is 2.29. The van der Waals surface area contributed by atoms with Gasteiger partial charge in [0.2, 0.25) is 0 Å². The lowest BCUT2D eigenvalue weighted by Crippen LogP contribution is -2.15. The standard InChI is InChI=1S/C10H14N2S/c1-13-12-8-3-2-5-9-6-4-7-11-10(9)12/h4,6-7H,2-3,5,8H2,1H3. The Hall–Kier alpha value is -0.700. The molecule has 0 N–H and O–H groups in total. The predicted molar refractivity (Wildman–Crippen MR) is 58.0 cm³/mol. The Morgan fingerprint density at radius 1 is 1.46 bits per heavy atom. The smallest absolute Gasteiger partial charge is 0.141 e. The van der Waals surface area contributed by atoms with Crippen molar-refractivity contribution in [3.63, 3.8) is 0 Å². The summed E-state index contributed by atoms with van der Waals surface area (Å²) in [5.41, 5.74) is 1.40. The maximum Gasteiger partial charge on any atom is 0.141 e. The average Bonchev–Trinajstić information content (AvgIpc) is 2.39. The first-order valence-electron chi connectivity index (χ1n) is 4.67. The van der Waals surface area contributed by atoms with E-state index in [0.29, 0.717) is 0 Å². The average molecular weight is 194 g/mol. The van der Waals surface area contributed by atoms with Gasteiger partial charge in [-0.3, -0.25) is 0 Å². The largest absolute Gasteiger partial charge is 0.301 e.